The third-order valence-corrected chi connectivity index (χ3v) is 2.62. The second-order valence-electron chi connectivity index (χ2n) is 3.76. The van der Waals surface area contributed by atoms with E-state index in [1.807, 2.05) is 16.9 Å². The summed E-state index contributed by atoms with van der Waals surface area (Å²) in [6, 6.07) is 2.62. The van der Waals surface area contributed by atoms with Gasteiger partial charge in [-0.25, -0.2) is 0 Å². The standard InChI is InChI=1S/C10H16N4S/c1-2-14-6-5-9(13-14)7-11-10(15)12-8-3-4-8/h5-6,8H,2-4,7H2,1H3,(H2,11,12,15). The third kappa shape index (κ3) is 3.20. The Labute approximate surface area is 95.0 Å². The third-order valence-electron chi connectivity index (χ3n) is 2.36. The summed E-state index contributed by atoms with van der Waals surface area (Å²) >= 11 is 5.15. The molecule has 2 N–H and O–H groups in total. The summed E-state index contributed by atoms with van der Waals surface area (Å²) in [4.78, 5) is 0. The highest BCUT2D eigenvalue weighted by atomic mass is 32.1. The molecule has 0 unspecified atom stereocenters. The molecule has 15 heavy (non-hydrogen) atoms. The van der Waals surface area contributed by atoms with E-state index in [-0.39, 0.29) is 0 Å². The molecule has 0 atom stereocenters. The highest BCUT2D eigenvalue weighted by Crippen LogP contribution is 2.18. The van der Waals surface area contributed by atoms with Crippen molar-refractivity contribution in [1.82, 2.24) is 20.4 Å². The molecule has 1 aromatic heterocycles. The van der Waals surface area contributed by atoms with Crippen molar-refractivity contribution >= 4 is 17.3 Å². The lowest BCUT2D eigenvalue weighted by Crippen LogP contribution is -2.36. The van der Waals surface area contributed by atoms with Gasteiger partial charge >= 0.3 is 0 Å². The number of rotatable bonds is 4. The van der Waals surface area contributed by atoms with Gasteiger partial charge in [0.15, 0.2) is 5.11 Å². The van der Waals surface area contributed by atoms with Crippen LogP contribution in [0.25, 0.3) is 0 Å². The van der Waals surface area contributed by atoms with Crippen LogP contribution in [0, 0.1) is 0 Å². The second kappa shape index (κ2) is 4.61. The minimum Gasteiger partial charge on any atom is -0.360 e. The Morgan fingerprint density at radius 2 is 2.47 bits per heavy atom. The zero-order chi connectivity index (χ0) is 10.7. The Hall–Kier alpha value is -1.10. The summed E-state index contributed by atoms with van der Waals surface area (Å²) < 4.78 is 1.91. The van der Waals surface area contributed by atoms with Crippen LogP contribution in [0.3, 0.4) is 0 Å². The number of nitrogens with one attached hydrogen (secondary N) is 2. The molecule has 0 saturated heterocycles. The van der Waals surface area contributed by atoms with Crippen molar-refractivity contribution in [3.8, 4) is 0 Å². The average molecular weight is 224 g/mol. The van der Waals surface area contributed by atoms with E-state index in [9.17, 15) is 0 Å². The first-order valence-corrected chi connectivity index (χ1v) is 5.75. The molecule has 0 radical (unpaired) electrons. The summed E-state index contributed by atoms with van der Waals surface area (Å²) in [5.74, 6) is 0. The zero-order valence-electron chi connectivity index (χ0n) is 8.86. The summed E-state index contributed by atoms with van der Waals surface area (Å²) in [7, 11) is 0. The fraction of sp³-hybridized carbons (Fsp3) is 0.600. The lowest BCUT2D eigenvalue weighted by molar-refractivity contribution is 0.642. The maximum absolute atomic E-state index is 5.15. The molecule has 1 aliphatic rings. The first-order valence-electron chi connectivity index (χ1n) is 5.34. The molecule has 1 saturated carbocycles. The minimum atomic E-state index is 0.609. The Kier molecular flexibility index (Phi) is 3.20. The molecule has 82 valence electrons. The van der Waals surface area contributed by atoms with Crippen molar-refractivity contribution in [3.63, 3.8) is 0 Å². The molecule has 1 aromatic rings. The van der Waals surface area contributed by atoms with E-state index in [0.717, 1.165) is 17.4 Å². The second-order valence-corrected chi connectivity index (χ2v) is 4.17. The Morgan fingerprint density at radius 3 is 3.07 bits per heavy atom. The molecule has 4 nitrogen and oxygen atoms in total. The van der Waals surface area contributed by atoms with Crippen LogP contribution in [-0.2, 0) is 13.1 Å². The van der Waals surface area contributed by atoms with E-state index in [4.69, 9.17) is 12.2 Å². The summed E-state index contributed by atoms with van der Waals surface area (Å²) in [5, 5.41) is 11.5. The predicted octanol–water partition coefficient (Wildman–Crippen LogP) is 1.03. The van der Waals surface area contributed by atoms with Gasteiger partial charge in [-0.15, -0.1) is 0 Å². The Morgan fingerprint density at radius 1 is 1.67 bits per heavy atom. The number of thiocarbonyl (C=S) groups is 1. The lowest BCUT2D eigenvalue weighted by atomic mass is 10.4. The molecule has 1 fully saturated rings. The van der Waals surface area contributed by atoms with E-state index in [1.165, 1.54) is 12.8 Å². The molecular weight excluding hydrogens is 208 g/mol. The number of aryl methyl sites for hydroxylation is 1. The quantitative estimate of drug-likeness (QED) is 0.750. The van der Waals surface area contributed by atoms with E-state index >= 15 is 0 Å². The molecule has 2 rings (SSSR count). The average Bonchev–Trinajstić information content (AvgIpc) is 2.92. The Bertz CT molecular complexity index is 343. The maximum Gasteiger partial charge on any atom is 0.166 e. The van der Waals surface area contributed by atoms with Gasteiger partial charge in [-0.05, 0) is 38.0 Å². The number of hydrogen-bond acceptors (Lipinski definition) is 2. The van der Waals surface area contributed by atoms with Crippen molar-refractivity contribution in [2.45, 2.75) is 38.9 Å². The molecule has 0 spiro atoms. The van der Waals surface area contributed by atoms with E-state index in [2.05, 4.69) is 22.7 Å². The largest absolute Gasteiger partial charge is 0.360 e. The van der Waals surface area contributed by atoms with Crippen LogP contribution in [0.1, 0.15) is 25.5 Å². The first-order chi connectivity index (χ1) is 7.28. The van der Waals surface area contributed by atoms with Crippen molar-refractivity contribution in [1.29, 1.82) is 0 Å². The van der Waals surface area contributed by atoms with Gasteiger partial charge in [-0.3, -0.25) is 4.68 Å². The van der Waals surface area contributed by atoms with Gasteiger partial charge in [0.1, 0.15) is 0 Å². The van der Waals surface area contributed by atoms with Crippen LogP contribution in [0.5, 0.6) is 0 Å². The van der Waals surface area contributed by atoms with Crippen molar-refractivity contribution in [2.24, 2.45) is 0 Å². The van der Waals surface area contributed by atoms with Crippen LogP contribution in [0.2, 0.25) is 0 Å². The molecule has 0 amide bonds. The smallest absolute Gasteiger partial charge is 0.166 e. The minimum absolute atomic E-state index is 0.609. The summed E-state index contributed by atoms with van der Waals surface area (Å²) in [6.45, 7) is 3.68. The van der Waals surface area contributed by atoms with Gasteiger partial charge in [-0.2, -0.15) is 5.10 Å². The fourth-order valence-electron chi connectivity index (χ4n) is 1.31. The number of aromatic nitrogens is 2. The molecule has 0 aromatic carbocycles. The highest BCUT2D eigenvalue weighted by Gasteiger charge is 2.21. The normalized spacial score (nSPS) is 15.0. The van der Waals surface area contributed by atoms with Gasteiger partial charge in [0, 0.05) is 18.8 Å². The van der Waals surface area contributed by atoms with Crippen LogP contribution >= 0.6 is 12.2 Å². The van der Waals surface area contributed by atoms with Crippen LogP contribution in [-0.4, -0.2) is 20.9 Å². The van der Waals surface area contributed by atoms with E-state index in [0.29, 0.717) is 12.6 Å². The Balaban J connectivity index is 1.73. The molecule has 1 heterocycles. The zero-order valence-corrected chi connectivity index (χ0v) is 9.68. The van der Waals surface area contributed by atoms with Gasteiger partial charge in [0.25, 0.3) is 0 Å². The van der Waals surface area contributed by atoms with Gasteiger partial charge < -0.3 is 10.6 Å². The van der Waals surface area contributed by atoms with E-state index < -0.39 is 0 Å². The van der Waals surface area contributed by atoms with Crippen molar-refractivity contribution in [3.05, 3.63) is 18.0 Å². The molecular formula is C10H16N4S. The van der Waals surface area contributed by atoms with Crippen molar-refractivity contribution < 1.29 is 0 Å². The van der Waals surface area contributed by atoms with Crippen LogP contribution in [0.4, 0.5) is 0 Å². The van der Waals surface area contributed by atoms with Crippen LogP contribution in [0.15, 0.2) is 12.3 Å². The summed E-state index contributed by atoms with van der Waals surface area (Å²) in [5.41, 5.74) is 1.02. The topological polar surface area (TPSA) is 41.9 Å². The van der Waals surface area contributed by atoms with Crippen molar-refractivity contribution in [2.75, 3.05) is 0 Å². The molecule has 0 aliphatic heterocycles. The molecule has 5 heteroatoms. The maximum atomic E-state index is 5.15. The van der Waals surface area contributed by atoms with Gasteiger partial charge in [0.05, 0.1) is 12.2 Å². The predicted molar refractivity (Wildman–Crippen MR) is 63.5 cm³/mol. The molecule has 1 aliphatic carbocycles. The van der Waals surface area contributed by atoms with Gasteiger partial charge in [0.2, 0.25) is 0 Å². The highest BCUT2D eigenvalue weighted by molar-refractivity contribution is 7.80. The van der Waals surface area contributed by atoms with Gasteiger partial charge in [-0.1, -0.05) is 0 Å². The van der Waals surface area contributed by atoms with E-state index in [1.54, 1.807) is 0 Å². The number of hydrogen-bond donors (Lipinski definition) is 2. The number of nitrogens with zero attached hydrogens (tertiary/aromatic N) is 2. The SMILES string of the molecule is CCn1ccc(CNC(=S)NC2CC2)n1. The summed E-state index contributed by atoms with van der Waals surface area (Å²) in [6.07, 6.45) is 4.47. The lowest BCUT2D eigenvalue weighted by Gasteiger charge is -2.07. The molecule has 0 bridgehead atoms. The monoisotopic (exact) mass is 224 g/mol. The fourth-order valence-corrected chi connectivity index (χ4v) is 1.55. The van der Waals surface area contributed by atoms with Crippen LogP contribution < -0.4 is 10.6 Å². The first kappa shape index (κ1) is 10.4.